The summed E-state index contributed by atoms with van der Waals surface area (Å²) in [6.07, 6.45) is 2.83. The predicted octanol–water partition coefficient (Wildman–Crippen LogP) is 7.56. The molecule has 0 aliphatic heterocycles. The Balaban J connectivity index is 2.11. The summed E-state index contributed by atoms with van der Waals surface area (Å²) in [6.45, 7) is 21.9. The van der Waals surface area contributed by atoms with Crippen LogP contribution in [0.3, 0.4) is 0 Å². The van der Waals surface area contributed by atoms with Crippen molar-refractivity contribution in [3.05, 3.63) is 59.7 Å². The summed E-state index contributed by atoms with van der Waals surface area (Å²) in [6, 6.07) is 9.91. The molecule has 0 saturated carbocycles. The van der Waals surface area contributed by atoms with Crippen LogP contribution in [0.25, 0.3) is 12.2 Å². The van der Waals surface area contributed by atoms with E-state index in [0.29, 0.717) is 34.1 Å². The van der Waals surface area contributed by atoms with E-state index in [4.69, 9.17) is 37.9 Å². The lowest BCUT2D eigenvalue weighted by molar-refractivity contribution is -0.121. The summed E-state index contributed by atoms with van der Waals surface area (Å²) in [5.74, 6) is 0.387. The fraction of sp³-hybridized carbons (Fsp3) is 0.532. The molecule has 0 atom stereocenters. The van der Waals surface area contributed by atoms with Crippen LogP contribution in [0.15, 0.2) is 48.6 Å². The molecule has 2 aromatic carbocycles. The van der Waals surface area contributed by atoms with Gasteiger partial charge >= 0.3 is 24.4 Å². The minimum atomic E-state index is -0.669. The molecular weight excluding hydrogens is 845 g/mol. The first-order chi connectivity index (χ1) is 30.2. The van der Waals surface area contributed by atoms with Gasteiger partial charge in [-0.1, -0.05) is 24.3 Å². The van der Waals surface area contributed by atoms with Crippen LogP contribution < -0.4 is 40.2 Å². The largest absolute Gasteiger partial charge is 0.488 e. The third-order valence-electron chi connectivity index (χ3n) is 7.32. The first-order valence-corrected chi connectivity index (χ1v) is 21.2. The van der Waals surface area contributed by atoms with Crippen LogP contribution in [-0.4, -0.2) is 111 Å². The molecule has 2 aromatic rings. The number of amides is 4. The second-order valence-corrected chi connectivity index (χ2v) is 18.3. The standard InChI is InChI=1S/C47H68N4O14/c1-44(2,3)62-40(54)48-21-25-58-36-19-15-32(29-38(36)60-27-23-50-42(56)64-46(7,8)9)13-17-34(52)31-35(53)18-14-33-16-20-37(59-26-22-49-41(55)63-45(4,5)6)39(30-33)61-28-24-51-43(57)65-47(10,11)12/h13-20,29-30H,21-28,31H2,1-12H3,(H,48,54)(H,49,55)(H,50,56)(H,51,57). The maximum Gasteiger partial charge on any atom is 0.407 e. The van der Waals surface area contributed by atoms with Gasteiger partial charge < -0.3 is 59.2 Å². The highest BCUT2D eigenvalue weighted by Gasteiger charge is 2.19. The Morgan fingerprint density at radius 2 is 0.677 bits per heavy atom. The molecule has 4 amide bonds. The highest BCUT2D eigenvalue weighted by Crippen LogP contribution is 2.30. The van der Waals surface area contributed by atoms with E-state index in [9.17, 15) is 28.8 Å². The normalized spacial score (nSPS) is 11.9. The third-order valence-corrected chi connectivity index (χ3v) is 7.32. The van der Waals surface area contributed by atoms with Crippen molar-refractivity contribution < 1.29 is 66.7 Å². The summed E-state index contributed by atoms with van der Waals surface area (Å²) >= 11 is 0. The number of allylic oxidation sites excluding steroid dienone is 2. The number of hydrogen-bond donors (Lipinski definition) is 4. The van der Waals surface area contributed by atoms with Crippen molar-refractivity contribution in [3.8, 4) is 23.0 Å². The number of carbonyl (C=O) groups excluding carboxylic acids is 6. The lowest BCUT2D eigenvalue weighted by atomic mass is 10.1. The lowest BCUT2D eigenvalue weighted by Gasteiger charge is -2.20. The van der Waals surface area contributed by atoms with Gasteiger partial charge in [0.2, 0.25) is 0 Å². The van der Waals surface area contributed by atoms with Crippen molar-refractivity contribution in [3.63, 3.8) is 0 Å². The molecule has 18 heteroatoms. The van der Waals surface area contributed by atoms with Gasteiger partial charge in [0, 0.05) is 0 Å². The van der Waals surface area contributed by atoms with E-state index in [1.54, 1.807) is 119 Å². The Morgan fingerprint density at radius 3 is 0.938 bits per heavy atom. The summed E-state index contributed by atoms with van der Waals surface area (Å²) < 4.78 is 44.6. The van der Waals surface area contributed by atoms with Gasteiger partial charge in [-0.25, -0.2) is 19.2 Å². The maximum atomic E-state index is 12.9. The van der Waals surface area contributed by atoms with Crippen molar-refractivity contribution in [2.45, 2.75) is 112 Å². The van der Waals surface area contributed by atoms with Crippen LogP contribution in [0.4, 0.5) is 19.2 Å². The molecule has 360 valence electrons. The van der Waals surface area contributed by atoms with Crippen LogP contribution in [0.2, 0.25) is 0 Å². The second kappa shape index (κ2) is 25.7. The molecular formula is C47H68N4O14. The molecule has 65 heavy (non-hydrogen) atoms. The average molecular weight is 913 g/mol. The summed E-state index contributed by atoms with van der Waals surface area (Å²) in [7, 11) is 0. The zero-order chi connectivity index (χ0) is 48.8. The monoisotopic (exact) mass is 912 g/mol. The highest BCUT2D eigenvalue weighted by molar-refractivity contribution is 6.10. The van der Waals surface area contributed by atoms with Crippen LogP contribution in [0.1, 0.15) is 101 Å². The van der Waals surface area contributed by atoms with E-state index in [1.165, 1.54) is 24.3 Å². The first-order valence-electron chi connectivity index (χ1n) is 21.2. The molecule has 0 radical (unpaired) electrons. The molecule has 0 heterocycles. The molecule has 0 bridgehead atoms. The van der Waals surface area contributed by atoms with Crippen molar-refractivity contribution in [2.75, 3.05) is 52.6 Å². The molecule has 0 unspecified atom stereocenters. The summed E-state index contributed by atoms with van der Waals surface area (Å²) in [4.78, 5) is 74.0. The van der Waals surface area contributed by atoms with Crippen molar-refractivity contribution >= 4 is 48.1 Å². The lowest BCUT2D eigenvalue weighted by Crippen LogP contribution is -2.35. The van der Waals surface area contributed by atoms with Crippen LogP contribution >= 0.6 is 0 Å². The van der Waals surface area contributed by atoms with E-state index < -0.39 is 64.8 Å². The number of benzene rings is 2. The quantitative estimate of drug-likeness (QED) is 0.0387. The zero-order valence-corrected chi connectivity index (χ0v) is 39.9. The summed E-state index contributed by atoms with van der Waals surface area (Å²) in [5.41, 5.74) is -1.52. The molecule has 2 rings (SSSR count). The maximum absolute atomic E-state index is 12.9. The van der Waals surface area contributed by atoms with E-state index in [0.717, 1.165) is 0 Å². The van der Waals surface area contributed by atoms with Gasteiger partial charge in [-0.05, 0) is 131 Å². The Hall–Kier alpha value is -6.46. The number of carbonyl (C=O) groups is 6. The van der Waals surface area contributed by atoms with E-state index in [2.05, 4.69) is 21.3 Å². The Kier molecular flexibility index (Phi) is 21.6. The van der Waals surface area contributed by atoms with Gasteiger partial charge in [0.15, 0.2) is 34.6 Å². The second-order valence-electron chi connectivity index (χ2n) is 18.3. The van der Waals surface area contributed by atoms with E-state index in [1.807, 2.05) is 0 Å². The molecule has 0 aliphatic rings. The SMILES string of the molecule is CC(C)(C)OC(=O)NCCOc1ccc(C=CC(=O)CC(=O)C=Cc2ccc(OCCNC(=O)OC(C)(C)C)c(OCCNC(=O)OC(C)(C)C)c2)cc1OCCNC(=O)OC(C)(C)C. The van der Waals surface area contributed by atoms with Crippen molar-refractivity contribution in [1.82, 2.24) is 21.3 Å². The fourth-order valence-corrected chi connectivity index (χ4v) is 4.90. The molecule has 4 N–H and O–H groups in total. The molecule has 0 spiro atoms. The number of hydrogen-bond acceptors (Lipinski definition) is 14. The number of rotatable bonds is 22. The average Bonchev–Trinajstić information content (AvgIpc) is 3.15. The molecule has 0 fully saturated rings. The number of alkyl carbamates (subject to hydrolysis) is 4. The first kappa shape index (κ1) is 54.7. The number of ether oxygens (including phenoxy) is 8. The zero-order valence-electron chi connectivity index (χ0n) is 39.9. The van der Waals surface area contributed by atoms with Crippen molar-refractivity contribution in [2.24, 2.45) is 0 Å². The fourth-order valence-electron chi connectivity index (χ4n) is 4.90. The smallest absolute Gasteiger partial charge is 0.407 e. The van der Waals surface area contributed by atoms with Gasteiger partial charge in [-0.3, -0.25) is 9.59 Å². The number of nitrogens with one attached hydrogen (secondary N) is 4. The van der Waals surface area contributed by atoms with Gasteiger partial charge in [0.1, 0.15) is 48.8 Å². The molecule has 0 saturated heterocycles. The van der Waals surface area contributed by atoms with Crippen LogP contribution in [0.5, 0.6) is 23.0 Å². The van der Waals surface area contributed by atoms with Gasteiger partial charge in [0.25, 0.3) is 0 Å². The Bertz CT molecular complexity index is 1830. The Labute approximate surface area is 382 Å². The van der Waals surface area contributed by atoms with Gasteiger partial charge in [0.05, 0.1) is 32.6 Å². The minimum Gasteiger partial charge on any atom is -0.488 e. The van der Waals surface area contributed by atoms with E-state index in [-0.39, 0.29) is 52.6 Å². The van der Waals surface area contributed by atoms with Gasteiger partial charge in [-0.2, -0.15) is 0 Å². The van der Waals surface area contributed by atoms with Crippen LogP contribution in [-0.2, 0) is 28.5 Å². The Morgan fingerprint density at radius 1 is 0.415 bits per heavy atom. The van der Waals surface area contributed by atoms with Crippen LogP contribution in [0, 0.1) is 0 Å². The minimum absolute atomic E-state index is 0.0563. The third kappa shape index (κ3) is 26.7. The topological polar surface area (TPSA) is 224 Å². The summed E-state index contributed by atoms with van der Waals surface area (Å²) in [5, 5.41) is 10.5. The van der Waals surface area contributed by atoms with Gasteiger partial charge in [-0.15, -0.1) is 0 Å². The number of ketones is 2. The van der Waals surface area contributed by atoms with Crippen molar-refractivity contribution in [1.29, 1.82) is 0 Å². The molecule has 18 nitrogen and oxygen atoms in total. The van der Waals surface area contributed by atoms with E-state index >= 15 is 0 Å². The molecule has 0 aromatic heterocycles. The highest BCUT2D eigenvalue weighted by atomic mass is 16.6. The molecule has 0 aliphatic carbocycles. The predicted molar refractivity (Wildman–Crippen MR) is 245 cm³/mol.